The van der Waals surface area contributed by atoms with Gasteiger partial charge >= 0.3 is 0 Å². The van der Waals surface area contributed by atoms with Gasteiger partial charge in [0, 0.05) is 0 Å². The van der Waals surface area contributed by atoms with Crippen LogP contribution in [-0.2, 0) is 4.79 Å². The molecule has 0 radical (unpaired) electrons. The molecule has 15 heavy (non-hydrogen) atoms. The van der Waals surface area contributed by atoms with Gasteiger partial charge < -0.3 is 5.73 Å². The van der Waals surface area contributed by atoms with Crippen LogP contribution in [0.15, 0.2) is 0 Å². The molecule has 0 aliphatic heterocycles. The van der Waals surface area contributed by atoms with E-state index in [2.05, 4.69) is 15.5 Å². The summed E-state index contributed by atoms with van der Waals surface area (Å²) in [7, 11) is 0. The lowest BCUT2D eigenvalue weighted by Gasteiger charge is -2.08. The molecule has 1 rings (SSSR count). The van der Waals surface area contributed by atoms with Crippen LogP contribution in [0.5, 0.6) is 0 Å². The Morgan fingerprint density at radius 1 is 1.67 bits per heavy atom. The SMILES string of the molecule is CSCC[C@H](N)C(=O)Nc1nnc(C)s1. The Balaban J connectivity index is 2.41. The van der Waals surface area contributed by atoms with E-state index in [9.17, 15) is 4.79 Å². The zero-order chi connectivity index (χ0) is 11.3. The monoisotopic (exact) mass is 246 g/mol. The minimum atomic E-state index is -0.471. The Hall–Kier alpha value is -0.660. The lowest BCUT2D eigenvalue weighted by Crippen LogP contribution is -2.36. The van der Waals surface area contributed by atoms with Crippen LogP contribution in [-0.4, -0.2) is 34.2 Å². The summed E-state index contributed by atoms with van der Waals surface area (Å²) in [6, 6.07) is -0.471. The van der Waals surface area contributed by atoms with Crippen LogP contribution in [0.3, 0.4) is 0 Å². The largest absolute Gasteiger partial charge is 0.320 e. The van der Waals surface area contributed by atoms with Gasteiger partial charge in [-0.2, -0.15) is 11.8 Å². The van der Waals surface area contributed by atoms with Crippen molar-refractivity contribution < 1.29 is 4.79 Å². The molecule has 1 amide bonds. The second-order valence-corrected chi connectivity index (χ2v) is 5.17. The van der Waals surface area contributed by atoms with E-state index < -0.39 is 6.04 Å². The zero-order valence-corrected chi connectivity index (χ0v) is 10.3. The molecule has 0 unspecified atom stereocenters. The van der Waals surface area contributed by atoms with Gasteiger partial charge in [-0.3, -0.25) is 10.1 Å². The molecule has 0 saturated carbocycles. The molecule has 84 valence electrons. The molecule has 0 bridgehead atoms. The van der Waals surface area contributed by atoms with Crippen molar-refractivity contribution in [1.82, 2.24) is 10.2 Å². The third-order valence-electron chi connectivity index (χ3n) is 1.73. The molecule has 7 heteroatoms. The zero-order valence-electron chi connectivity index (χ0n) is 8.69. The average molecular weight is 246 g/mol. The van der Waals surface area contributed by atoms with Crippen molar-refractivity contribution >= 4 is 34.1 Å². The lowest BCUT2D eigenvalue weighted by molar-refractivity contribution is -0.117. The first-order valence-electron chi connectivity index (χ1n) is 4.49. The van der Waals surface area contributed by atoms with Crippen LogP contribution < -0.4 is 11.1 Å². The highest BCUT2D eigenvalue weighted by Gasteiger charge is 2.14. The number of aromatic nitrogens is 2. The first kappa shape index (κ1) is 12.4. The molecule has 1 atom stereocenters. The molecule has 1 aromatic heterocycles. The number of thioether (sulfide) groups is 1. The number of rotatable bonds is 5. The van der Waals surface area contributed by atoms with Crippen molar-refractivity contribution in [3.05, 3.63) is 5.01 Å². The van der Waals surface area contributed by atoms with E-state index in [1.165, 1.54) is 11.3 Å². The number of carbonyl (C=O) groups excluding carboxylic acids is 1. The number of hydrogen-bond acceptors (Lipinski definition) is 6. The third-order valence-corrected chi connectivity index (χ3v) is 3.12. The van der Waals surface area contributed by atoms with Crippen molar-refractivity contribution in [2.24, 2.45) is 5.73 Å². The van der Waals surface area contributed by atoms with Crippen LogP contribution in [0.25, 0.3) is 0 Å². The molecular weight excluding hydrogens is 232 g/mol. The first-order chi connectivity index (χ1) is 7.13. The third kappa shape index (κ3) is 4.15. The van der Waals surface area contributed by atoms with Gasteiger partial charge in [-0.25, -0.2) is 0 Å². The molecule has 5 nitrogen and oxygen atoms in total. The number of carbonyl (C=O) groups is 1. The predicted octanol–water partition coefficient (Wildman–Crippen LogP) is 0.865. The van der Waals surface area contributed by atoms with Gasteiger partial charge in [0.25, 0.3) is 0 Å². The number of nitrogens with zero attached hydrogens (tertiary/aromatic N) is 2. The summed E-state index contributed by atoms with van der Waals surface area (Å²) >= 11 is 3.01. The van der Waals surface area contributed by atoms with Gasteiger partial charge in [0.05, 0.1) is 6.04 Å². The van der Waals surface area contributed by atoms with E-state index in [4.69, 9.17) is 5.73 Å². The van der Waals surface area contributed by atoms with Crippen LogP contribution >= 0.6 is 23.1 Å². The quantitative estimate of drug-likeness (QED) is 0.805. The molecular formula is C8H14N4OS2. The highest BCUT2D eigenvalue weighted by atomic mass is 32.2. The number of hydrogen-bond donors (Lipinski definition) is 2. The Kier molecular flexibility index (Phi) is 5.00. The van der Waals surface area contributed by atoms with Gasteiger partial charge in [0.15, 0.2) is 0 Å². The molecule has 3 N–H and O–H groups in total. The van der Waals surface area contributed by atoms with Crippen LogP contribution in [0.4, 0.5) is 5.13 Å². The number of aryl methyl sites for hydroxylation is 1. The van der Waals surface area contributed by atoms with E-state index in [0.717, 1.165) is 10.8 Å². The molecule has 1 aromatic rings. The van der Waals surface area contributed by atoms with Crippen LogP contribution in [0, 0.1) is 6.92 Å². The van der Waals surface area contributed by atoms with Crippen molar-refractivity contribution in [2.75, 3.05) is 17.3 Å². The summed E-state index contributed by atoms with van der Waals surface area (Å²) in [6.45, 7) is 1.83. The highest BCUT2D eigenvalue weighted by Crippen LogP contribution is 2.13. The second kappa shape index (κ2) is 6.04. The summed E-state index contributed by atoms with van der Waals surface area (Å²) in [6.07, 6.45) is 2.66. The summed E-state index contributed by atoms with van der Waals surface area (Å²) in [5.41, 5.74) is 5.69. The molecule has 0 aliphatic rings. The van der Waals surface area contributed by atoms with Crippen molar-refractivity contribution in [3.63, 3.8) is 0 Å². The Morgan fingerprint density at radius 3 is 2.93 bits per heavy atom. The molecule has 1 heterocycles. The van der Waals surface area contributed by atoms with Gasteiger partial charge in [-0.15, -0.1) is 10.2 Å². The van der Waals surface area contributed by atoms with E-state index in [1.54, 1.807) is 11.8 Å². The molecule has 0 aromatic carbocycles. The van der Waals surface area contributed by atoms with Crippen LogP contribution in [0.2, 0.25) is 0 Å². The van der Waals surface area contributed by atoms with Crippen molar-refractivity contribution in [1.29, 1.82) is 0 Å². The summed E-state index contributed by atoms with van der Waals surface area (Å²) < 4.78 is 0. The minimum Gasteiger partial charge on any atom is -0.320 e. The second-order valence-electron chi connectivity index (χ2n) is 3.00. The number of nitrogens with two attached hydrogens (primary N) is 1. The van der Waals surface area contributed by atoms with Gasteiger partial charge in [-0.05, 0) is 25.4 Å². The lowest BCUT2D eigenvalue weighted by atomic mass is 10.2. The van der Waals surface area contributed by atoms with Gasteiger partial charge in [-0.1, -0.05) is 11.3 Å². The summed E-state index contributed by atoms with van der Waals surface area (Å²) in [5, 5.41) is 11.6. The van der Waals surface area contributed by atoms with E-state index in [1.807, 2.05) is 13.2 Å². The van der Waals surface area contributed by atoms with Crippen molar-refractivity contribution in [3.8, 4) is 0 Å². The normalized spacial score (nSPS) is 12.5. The average Bonchev–Trinajstić information content (AvgIpc) is 2.60. The predicted molar refractivity (Wildman–Crippen MR) is 64.3 cm³/mol. The number of anilines is 1. The van der Waals surface area contributed by atoms with E-state index in [-0.39, 0.29) is 5.91 Å². The van der Waals surface area contributed by atoms with Crippen LogP contribution in [0.1, 0.15) is 11.4 Å². The molecule has 0 spiro atoms. The Labute approximate surface area is 96.8 Å². The molecule has 0 saturated heterocycles. The van der Waals surface area contributed by atoms with E-state index >= 15 is 0 Å². The summed E-state index contributed by atoms with van der Waals surface area (Å²) in [5.74, 6) is 0.684. The smallest absolute Gasteiger partial charge is 0.243 e. The maximum Gasteiger partial charge on any atom is 0.243 e. The van der Waals surface area contributed by atoms with Crippen molar-refractivity contribution in [2.45, 2.75) is 19.4 Å². The minimum absolute atomic E-state index is 0.194. The molecule has 0 aliphatic carbocycles. The highest BCUT2D eigenvalue weighted by molar-refractivity contribution is 7.98. The molecule has 0 fully saturated rings. The Bertz CT molecular complexity index is 328. The van der Waals surface area contributed by atoms with Gasteiger partial charge in [0.1, 0.15) is 5.01 Å². The maximum atomic E-state index is 11.5. The van der Waals surface area contributed by atoms with E-state index in [0.29, 0.717) is 11.6 Å². The fourth-order valence-electron chi connectivity index (χ4n) is 0.921. The topological polar surface area (TPSA) is 80.9 Å². The first-order valence-corrected chi connectivity index (χ1v) is 6.70. The summed E-state index contributed by atoms with van der Waals surface area (Å²) in [4.78, 5) is 11.5. The fraction of sp³-hybridized carbons (Fsp3) is 0.625. The standard InChI is InChI=1S/C8H14N4OS2/c1-5-11-12-8(15-5)10-7(13)6(9)3-4-14-2/h6H,3-4,9H2,1-2H3,(H,10,12,13)/t6-/m0/s1. The number of amides is 1. The Morgan fingerprint density at radius 2 is 2.40 bits per heavy atom. The fourth-order valence-corrected chi connectivity index (χ4v) is 2.01. The maximum absolute atomic E-state index is 11.5. The van der Waals surface area contributed by atoms with Gasteiger partial charge in [0.2, 0.25) is 11.0 Å². The number of nitrogens with one attached hydrogen (secondary N) is 1.